The average molecular weight is 156 g/mol. The summed E-state index contributed by atoms with van der Waals surface area (Å²) in [6, 6.07) is 0. The van der Waals surface area contributed by atoms with Gasteiger partial charge in [-0.05, 0) is 12.8 Å². The van der Waals surface area contributed by atoms with Crippen LogP contribution in [0.25, 0.3) is 0 Å². The number of hydrogen-bond donors (Lipinski definition) is 1. The maximum atomic E-state index is 5.34. The Bertz CT molecular complexity index is 178. The molecule has 0 unspecified atom stereocenters. The lowest BCUT2D eigenvalue weighted by molar-refractivity contribution is 0.213. The molecule has 2 rings (SSSR count). The summed E-state index contributed by atoms with van der Waals surface area (Å²) in [7, 11) is 0. The van der Waals surface area contributed by atoms with Crippen molar-refractivity contribution in [3.8, 4) is 0 Å². The fourth-order valence-corrected chi connectivity index (χ4v) is 1.51. The molecule has 1 N–H and O–H groups in total. The number of allylic oxidation sites excluding steroid dienone is 1. The molecule has 0 bridgehead atoms. The SMILES string of the molecule is C1=C2OCCCC2=NSN1. The van der Waals surface area contributed by atoms with E-state index in [1.54, 1.807) is 0 Å². The topological polar surface area (TPSA) is 33.6 Å². The molecule has 0 amide bonds. The van der Waals surface area contributed by atoms with Crippen LogP contribution in [0.2, 0.25) is 0 Å². The van der Waals surface area contributed by atoms with Crippen LogP contribution in [0.15, 0.2) is 16.4 Å². The van der Waals surface area contributed by atoms with Crippen LogP contribution in [0.4, 0.5) is 0 Å². The van der Waals surface area contributed by atoms with E-state index in [0.717, 1.165) is 30.9 Å². The Morgan fingerprint density at radius 1 is 1.70 bits per heavy atom. The van der Waals surface area contributed by atoms with E-state index in [-0.39, 0.29) is 0 Å². The highest BCUT2D eigenvalue weighted by Crippen LogP contribution is 2.19. The molecule has 0 aromatic rings. The van der Waals surface area contributed by atoms with Crippen molar-refractivity contribution in [1.29, 1.82) is 0 Å². The zero-order chi connectivity index (χ0) is 6.81. The van der Waals surface area contributed by atoms with Gasteiger partial charge < -0.3 is 9.46 Å². The van der Waals surface area contributed by atoms with Gasteiger partial charge in [-0.3, -0.25) is 0 Å². The lowest BCUT2D eigenvalue weighted by Crippen LogP contribution is -2.19. The van der Waals surface area contributed by atoms with Crippen molar-refractivity contribution < 1.29 is 4.74 Å². The Morgan fingerprint density at radius 2 is 2.70 bits per heavy atom. The predicted octanol–water partition coefficient (Wildman–Crippen LogP) is 1.25. The molecule has 2 heterocycles. The molecule has 0 atom stereocenters. The van der Waals surface area contributed by atoms with Crippen molar-refractivity contribution in [3.05, 3.63) is 12.0 Å². The van der Waals surface area contributed by atoms with Gasteiger partial charge in [0.25, 0.3) is 0 Å². The van der Waals surface area contributed by atoms with E-state index in [2.05, 4.69) is 9.12 Å². The molecule has 0 spiro atoms. The van der Waals surface area contributed by atoms with Crippen LogP contribution in [-0.4, -0.2) is 12.3 Å². The second kappa shape index (κ2) is 2.54. The maximum absolute atomic E-state index is 5.34. The van der Waals surface area contributed by atoms with Gasteiger partial charge in [-0.2, -0.15) is 4.40 Å². The molecule has 2 aliphatic heterocycles. The zero-order valence-corrected chi connectivity index (χ0v) is 6.28. The summed E-state index contributed by atoms with van der Waals surface area (Å²) in [6.45, 7) is 0.831. The van der Waals surface area contributed by atoms with Crippen molar-refractivity contribution >= 4 is 17.8 Å². The Morgan fingerprint density at radius 3 is 3.60 bits per heavy atom. The molecule has 3 nitrogen and oxygen atoms in total. The van der Waals surface area contributed by atoms with E-state index in [4.69, 9.17) is 4.74 Å². The first-order valence-corrected chi connectivity index (χ1v) is 4.06. The normalized spacial score (nSPS) is 23.2. The highest BCUT2D eigenvalue weighted by molar-refractivity contribution is 7.96. The van der Waals surface area contributed by atoms with E-state index in [1.165, 1.54) is 12.1 Å². The fourth-order valence-electron chi connectivity index (χ4n) is 1.01. The molecule has 0 saturated carbocycles. The average Bonchev–Trinajstić information content (AvgIpc) is 2.05. The van der Waals surface area contributed by atoms with Gasteiger partial charge >= 0.3 is 0 Å². The Hall–Kier alpha value is -0.640. The quantitative estimate of drug-likeness (QED) is 0.536. The molecule has 0 radical (unpaired) electrons. The monoisotopic (exact) mass is 156 g/mol. The minimum atomic E-state index is 0.831. The molecule has 1 fully saturated rings. The largest absolute Gasteiger partial charge is 0.490 e. The van der Waals surface area contributed by atoms with Crippen molar-refractivity contribution in [2.75, 3.05) is 6.61 Å². The van der Waals surface area contributed by atoms with Crippen LogP contribution in [0, 0.1) is 0 Å². The second-order valence-corrected chi connectivity index (χ2v) is 2.81. The van der Waals surface area contributed by atoms with Gasteiger partial charge in [0.2, 0.25) is 0 Å². The Kier molecular flexibility index (Phi) is 1.55. The number of ether oxygens (including phenoxy) is 1. The predicted molar refractivity (Wildman–Crippen MR) is 41.4 cm³/mol. The molecule has 0 aliphatic carbocycles. The molecule has 0 aromatic carbocycles. The van der Waals surface area contributed by atoms with Gasteiger partial charge in [0.15, 0.2) is 5.76 Å². The molecule has 1 saturated heterocycles. The number of rotatable bonds is 0. The van der Waals surface area contributed by atoms with Crippen molar-refractivity contribution in [2.45, 2.75) is 12.8 Å². The molecular weight excluding hydrogens is 148 g/mol. The molecule has 0 aromatic heterocycles. The van der Waals surface area contributed by atoms with Gasteiger partial charge in [-0.25, -0.2) is 0 Å². The Labute approximate surface area is 63.8 Å². The van der Waals surface area contributed by atoms with Crippen LogP contribution in [-0.2, 0) is 4.74 Å². The van der Waals surface area contributed by atoms with E-state index < -0.39 is 0 Å². The highest BCUT2D eigenvalue weighted by atomic mass is 32.2. The van der Waals surface area contributed by atoms with E-state index in [0.29, 0.717) is 0 Å². The number of hydrogen-bond acceptors (Lipinski definition) is 4. The third-order valence-corrected chi connectivity index (χ3v) is 2.03. The standard InChI is InChI=1S/C6H8N2OS/c1-2-5-6(9-3-1)4-7-10-8-5/h4,7H,1-3H2. The lowest BCUT2D eigenvalue weighted by atomic mass is 10.1. The summed E-state index contributed by atoms with van der Waals surface area (Å²) in [5, 5.41) is 0. The molecule has 4 heteroatoms. The fraction of sp³-hybridized carbons (Fsp3) is 0.500. The van der Waals surface area contributed by atoms with Crippen molar-refractivity contribution in [3.63, 3.8) is 0 Å². The van der Waals surface area contributed by atoms with Gasteiger partial charge in [-0.15, -0.1) is 0 Å². The first kappa shape index (κ1) is 6.09. The summed E-state index contributed by atoms with van der Waals surface area (Å²) in [5.41, 5.74) is 1.09. The lowest BCUT2D eigenvalue weighted by Gasteiger charge is -2.20. The van der Waals surface area contributed by atoms with Gasteiger partial charge in [0.1, 0.15) is 0 Å². The molecule has 54 valence electrons. The van der Waals surface area contributed by atoms with Crippen molar-refractivity contribution in [2.24, 2.45) is 4.40 Å². The summed E-state index contributed by atoms with van der Waals surface area (Å²) in [5.74, 6) is 0.921. The van der Waals surface area contributed by atoms with Gasteiger partial charge in [0.05, 0.1) is 30.7 Å². The molecular formula is C6H8N2OS. The van der Waals surface area contributed by atoms with Gasteiger partial charge in [0, 0.05) is 0 Å². The maximum Gasteiger partial charge on any atom is 0.157 e. The summed E-state index contributed by atoms with van der Waals surface area (Å²) in [4.78, 5) is 0. The van der Waals surface area contributed by atoms with Crippen LogP contribution in [0.1, 0.15) is 12.8 Å². The summed E-state index contributed by atoms with van der Waals surface area (Å²) in [6.07, 6.45) is 4.02. The first-order chi connectivity index (χ1) is 4.97. The second-order valence-electron chi connectivity index (χ2n) is 2.21. The van der Waals surface area contributed by atoms with Gasteiger partial charge in [-0.1, -0.05) is 0 Å². The van der Waals surface area contributed by atoms with Crippen LogP contribution < -0.4 is 4.72 Å². The molecule has 2 aliphatic rings. The first-order valence-electron chi connectivity index (χ1n) is 3.28. The number of fused-ring (bicyclic) bond motifs is 1. The minimum Gasteiger partial charge on any atom is -0.490 e. The Balaban J connectivity index is 2.19. The van der Waals surface area contributed by atoms with Crippen molar-refractivity contribution in [1.82, 2.24) is 4.72 Å². The van der Waals surface area contributed by atoms with Crippen LogP contribution in [0.3, 0.4) is 0 Å². The van der Waals surface area contributed by atoms with E-state index >= 15 is 0 Å². The smallest absolute Gasteiger partial charge is 0.157 e. The summed E-state index contributed by atoms with van der Waals surface area (Å²) < 4.78 is 12.4. The van der Waals surface area contributed by atoms with Crippen LogP contribution >= 0.6 is 12.1 Å². The molecule has 10 heavy (non-hydrogen) atoms. The van der Waals surface area contributed by atoms with E-state index in [9.17, 15) is 0 Å². The highest BCUT2D eigenvalue weighted by Gasteiger charge is 2.16. The minimum absolute atomic E-state index is 0.831. The number of nitrogens with one attached hydrogen (secondary N) is 1. The summed E-state index contributed by atoms with van der Waals surface area (Å²) >= 11 is 1.36. The number of nitrogens with zero attached hydrogens (tertiary/aromatic N) is 1. The third-order valence-electron chi connectivity index (χ3n) is 1.50. The van der Waals surface area contributed by atoms with E-state index in [1.807, 2.05) is 6.20 Å². The third kappa shape index (κ3) is 0.988. The van der Waals surface area contributed by atoms with Crippen LogP contribution in [0.5, 0.6) is 0 Å². The zero-order valence-electron chi connectivity index (χ0n) is 5.46.